The fourth-order valence-corrected chi connectivity index (χ4v) is 3.00. The van der Waals surface area contributed by atoms with Gasteiger partial charge in [0.15, 0.2) is 5.69 Å². The van der Waals surface area contributed by atoms with E-state index in [0.29, 0.717) is 0 Å². The number of aromatic nitrogens is 2. The van der Waals surface area contributed by atoms with Gasteiger partial charge < -0.3 is 25.1 Å². The van der Waals surface area contributed by atoms with Gasteiger partial charge in [-0.2, -0.15) is 0 Å². The highest BCUT2D eigenvalue weighted by molar-refractivity contribution is 6.06. The molecule has 1 aromatic heterocycles. The van der Waals surface area contributed by atoms with Crippen LogP contribution in [0.1, 0.15) is 46.0 Å². The Morgan fingerprint density at radius 3 is 1.71 bits per heavy atom. The van der Waals surface area contributed by atoms with Gasteiger partial charge in [-0.15, -0.1) is 0 Å². The predicted molar refractivity (Wildman–Crippen MR) is 125 cm³/mol. The monoisotopic (exact) mass is 478 g/mol. The van der Waals surface area contributed by atoms with E-state index in [4.69, 9.17) is 9.47 Å². The van der Waals surface area contributed by atoms with Crippen LogP contribution in [0.5, 0.6) is 0 Å². The van der Waals surface area contributed by atoms with Crippen molar-refractivity contribution in [3.8, 4) is 0 Å². The van der Waals surface area contributed by atoms with Crippen molar-refractivity contribution in [3.63, 3.8) is 0 Å². The van der Waals surface area contributed by atoms with Crippen LogP contribution >= 0.6 is 0 Å². The third-order valence-electron chi connectivity index (χ3n) is 4.93. The molecule has 0 spiro atoms. The van der Waals surface area contributed by atoms with Gasteiger partial charge >= 0.3 is 11.9 Å². The van der Waals surface area contributed by atoms with Crippen LogP contribution in [-0.4, -0.2) is 45.8 Å². The molecule has 0 saturated heterocycles. The second kappa shape index (κ2) is 12.1. The third-order valence-corrected chi connectivity index (χ3v) is 4.93. The lowest BCUT2D eigenvalue weighted by Gasteiger charge is -2.15. The standard InChI is InChI=1S/C25H26N4O6/c1-16(24(32)34-13-18-9-5-3-6-10-18)28-22(30)20-21(27-15-26-20)23(31)29-17(2)25(33)35-14-19-11-7-4-8-12-19/h3-12,15-17H,13-14H2,1-2H3,(H,26,27)(H,28,30)(H,29,31). The maximum Gasteiger partial charge on any atom is 0.328 e. The fraction of sp³-hybridized carbons (Fsp3) is 0.240. The smallest absolute Gasteiger partial charge is 0.328 e. The van der Waals surface area contributed by atoms with Crippen molar-refractivity contribution in [2.75, 3.05) is 0 Å². The molecule has 0 saturated carbocycles. The van der Waals surface area contributed by atoms with E-state index in [2.05, 4.69) is 20.6 Å². The lowest BCUT2D eigenvalue weighted by Crippen LogP contribution is -2.42. The molecule has 0 aliphatic rings. The van der Waals surface area contributed by atoms with E-state index in [1.165, 1.54) is 20.2 Å². The quantitative estimate of drug-likeness (QED) is 0.379. The average Bonchev–Trinajstić information content (AvgIpc) is 3.37. The Morgan fingerprint density at radius 1 is 0.771 bits per heavy atom. The maximum absolute atomic E-state index is 12.6. The molecule has 0 aliphatic heterocycles. The molecule has 2 aromatic carbocycles. The molecule has 2 unspecified atom stereocenters. The van der Waals surface area contributed by atoms with Crippen molar-refractivity contribution in [1.29, 1.82) is 0 Å². The number of benzene rings is 2. The Kier molecular flexibility index (Phi) is 8.71. The van der Waals surface area contributed by atoms with E-state index in [9.17, 15) is 19.2 Å². The topological polar surface area (TPSA) is 139 Å². The molecule has 2 atom stereocenters. The summed E-state index contributed by atoms with van der Waals surface area (Å²) in [5.74, 6) is -2.75. The van der Waals surface area contributed by atoms with Crippen molar-refractivity contribution in [3.05, 3.63) is 89.5 Å². The lowest BCUT2D eigenvalue weighted by molar-refractivity contribution is -0.147. The predicted octanol–water partition coefficient (Wildman–Crippen LogP) is 2.13. The minimum Gasteiger partial charge on any atom is -0.459 e. The average molecular weight is 479 g/mol. The summed E-state index contributed by atoms with van der Waals surface area (Å²) < 4.78 is 10.4. The molecule has 0 aliphatic carbocycles. The van der Waals surface area contributed by atoms with Gasteiger partial charge in [-0.25, -0.2) is 14.6 Å². The van der Waals surface area contributed by atoms with Gasteiger partial charge in [0.25, 0.3) is 11.8 Å². The fourth-order valence-electron chi connectivity index (χ4n) is 3.00. The molecule has 10 heteroatoms. The normalized spacial score (nSPS) is 12.2. The van der Waals surface area contributed by atoms with Crippen LogP contribution in [0.2, 0.25) is 0 Å². The number of rotatable bonds is 10. The Labute approximate surface area is 202 Å². The lowest BCUT2D eigenvalue weighted by atomic mass is 10.2. The summed E-state index contributed by atoms with van der Waals surface area (Å²) in [6.07, 6.45) is 1.17. The summed E-state index contributed by atoms with van der Waals surface area (Å²) in [6.45, 7) is 3.05. The molecular weight excluding hydrogens is 452 g/mol. The molecular formula is C25H26N4O6. The first-order valence-electron chi connectivity index (χ1n) is 10.9. The Balaban J connectivity index is 1.51. The summed E-state index contributed by atoms with van der Waals surface area (Å²) >= 11 is 0. The second-order valence-electron chi connectivity index (χ2n) is 7.70. The second-order valence-corrected chi connectivity index (χ2v) is 7.70. The molecule has 2 amide bonds. The summed E-state index contributed by atoms with van der Waals surface area (Å²) in [6, 6.07) is 16.3. The summed E-state index contributed by atoms with van der Waals surface area (Å²) in [5.41, 5.74) is 1.23. The third kappa shape index (κ3) is 7.26. The van der Waals surface area contributed by atoms with Crippen molar-refractivity contribution in [2.45, 2.75) is 39.1 Å². The van der Waals surface area contributed by atoms with E-state index in [0.717, 1.165) is 11.1 Å². The van der Waals surface area contributed by atoms with Crippen LogP contribution < -0.4 is 10.6 Å². The Bertz CT molecular complexity index is 1070. The summed E-state index contributed by atoms with van der Waals surface area (Å²) in [7, 11) is 0. The molecule has 0 radical (unpaired) electrons. The molecule has 3 rings (SSSR count). The van der Waals surface area contributed by atoms with Crippen LogP contribution in [0.25, 0.3) is 0 Å². The zero-order valence-corrected chi connectivity index (χ0v) is 19.3. The van der Waals surface area contributed by atoms with Gasteiger partial charge in [-0.05, 0) is 25.0 Å². The van der Waals surface area contributed by atoms with Crippen molar-refractivity contribution in [1.82, 2.24) is 20.6 Å². The molecule has 35 heavy (non-hydrogen) atoms. The zero-order chi connectivity index (χ0) is 25.2. The van der Waals surface area contributed by atoms with Crippen LogP contribution in [0.3, 0.4) is 0 Å². The number of hydrogen-bond donors (Lipinski definition) is 3. The minimum atomic E-state index is -0.981. The van der Waals surface area contributed by atoms with Gasteiger partial charge in [0, 0.05) is 0 Å². The number of carbonyl (C=O) groups excluding carboxylic acids is 4. The number of nitrogens with one attached hydrogen (secondary N) is 3. The number of nitrogens with zero attached hydrogens (tertiary/aromatic N) is 1. The number of hydrogen-bond acceptors (Lipinski definition) is 7. The van der Waals surface area contributed by atoms with Gasteiger partial charge in [0.1, 0.15) is 31.0 Å². The molecule has 1 heterocycles. The molecule has 182 valence electrons. The van der Waals surface area contributed by atoms with Crippen molar-refractivity contribution >= 4 is 23.8 Å². The maximum atomic E-state index is 12.6. The number of ether oxygens (including phenoxy) is 2. The SMILES string of the molecule is CC(NC(=O)c1nc[nH]c1C(=O)NC(C)C(=O)OCc1ccccc1)C(=O)OCc1ccccc1. The Morgan fingerprint density at radius 2 is 1.23 bits per heavy atom. The number of esters is 2. The summed E-state index contributed by atoms with van der Waals surface area (Å²) in [4.78, 5) is 56.2. The number of carbonyl (C=O) groups is 4. The first-order valence-corrected chi connectivity index (χ1v) is 10.9. The van der Waals surface area contributed by atoms with E-state index in [-0.39, 0.29) is 24.6 Å². The molecule has 3 aromatic rings. The zero-order valence-electron chi connectivity index (χ0n) is 19.3. The number of imidazole rings is 1. The van der Waals surface area contributed by atoms with Crippen LogP contribution in [0.15, 0.2) is 67.0 Å². The number of aromatic amines is 1. The van der Waals surface area contributed by atoms with Crippen LogP contribution in [-0.2, 0) is 32.3 Å². The molecule has 0 bridgehead atoms. The first kappa shape index (κ1) is 25.2. The Hall–Kier alpha value is -4.47. The van der Waals surface area contributed by atoms with Crippen LogP contribution in [0.4, 0.5) is 0 Å². The van der Waals surface area contributed by atoms with E-state index in [1.807, 2.05) is 60.7 Å². The van der Waals surface area contributed by atoms with E-state index < -0.39 is 35.8 Å². The highest BCUT2D eigenvalue weighted by atomic mass is 16.5. The van der Waals surface area contributed by atoms with E-state index in [1.54, 1.807) is 0 Å². The molecule has 0 fully saturated rings. The van der Waals surface area contributed by atoms with Gasteiger partial charge in [-0.3, -0.25) is 9.59 Å². The number of amides is 2. The van der Waals surface area contributed by atoms with Gasteiger partial charge in [0.2, 0.25) is 0 Å². The largest absolute Gasteiger partial charge is 0.459 e. The van der Waals surface area contributed by atoms with Gasteiger partial charge in [0.05, 0.1) is 6.33 Å². The van der Waals surface area contributed by atoms with E-state index >= 15 is 0 Å². The first-order chi connectivity index (χ1) is 16.8. The van der Waals surface area contributed by atoms with Crippen LogP contribution in [0, 0.1) is 0 Å². The molecule has 3 N–H and O–H groups in total. The highest BCUT2D eigenvalue weighted by Gasteiger charge is 2.26. The highest BCUT2D eigenvalue weighted by Crippen LogP contribution is 2.07. The van der Waals surface area contributed by atoms with Gasteiger partial charge in [-0.1, -0.05) is 60.7 Å². The number of H-pyrrole nitrogens is 1. The minimum absolute atomic E-state index is 0.0637. The summed E-state index contributed by atoms with van der Waals surface area (Å²) in [5, 5.41) is 4.93. The van der Waals surface area contributed by atoms with Crippen molar-refractivity contribution in [2.24, 2.45) is 0 Å². The molecule has 10 nitrogen and oxygen atoms in total. The van der Waals surface area contributed by atoms with Crippen molar-refractivity contribution < 1.29 is 28.7 Å².